The van der Waals surface area contributed by atoms with Gasteiger partial charge in [0.05, 0.1) is 4.90 Å². The molecule has 1 aromatic rings. The van der Waals surface area contributed by atoms with Crippen LogP contribution in [0.25, 0.3) is 0 Å². The summed E-state index contributed by atoms with van der Waals surface area (Å²) < 4.78 is 27.2. The molecule has 0 aromatic heterocycles. The van der Waals surface area contributed by atoms with Gasteiger partial charge in [-0.2, -0.15) is 0 Å². The third kappa shape index (κ3) is 2.84. The molecule has 18 heavy (non-hydrogen) atoms. The molecule has 1 saturated carbocycles. The average Bonchev–Trinajstić information content (AvgIpc) is 2.74. The lowest BCUT2D eigenvalue weighted by atomic mass is 10.1. The van der Waals surface area contributed by atoms with Crippen LogP contribution in [0.4, 0.5) is 5.69 Å². The van der Waals surface area contributed by atoms with Gasteiger partial charge in [-0.1, -0.05) is 13.3 Å². The minimum Gasteiger partial charge on any atom is -0.388 e. The molecule has 1 fully saturated rings. The van der Waals surface area contributed by atoms with Crippen molar-refractivity contribution in [2.24, 2.45) is 5.92 Å². The number of hydrogen-bond donors (Lipinski definition) is 2. The molecule has 2 atom stereocenters. The molecule has 0 radical (unpaired) electrons. The van der Waals surface area contributed by atoms with Crippen molar-refractivity contribution in [3.05, 3.63) is 24.3 Å². The zero-order valence-corrected chi connectivity index (χ0v) is 11.6. The van der Waals surface area contributed by atoms with Gasteiger partial charge in [0.2, 0.25) is 10.0 Å². The molecule has 0 spiro atoms. The van der Waals surface area contributed by atoms with Gasteiger partial charge in [0.15, 0.2) is 0 Å². The Bertz CT molecular complexity index is 496. The molecule has 1 aromatic carbocycles. The lowest BCUT2D eigenvalue weighted by Crippen LogP contribution is -2.36. The SMILES string of the molecule is CNc1ccc(S(=O)(=O)NC2CCCC2C)cc1. The molecule has 2 unspecified atom stereocenters. The van der Waals surface area contributed by atoms with E-state index in [1.807, 2.05) is 7.05 Å². The van der Waals surface area contributed by atoms with E-state index >= 15 is 0 Å². The fraction of sp³-hybridized carbons (Fsp3) is 0.538. The zero-order chi connectivity index (χ0) is 13.2. The third-order valence-corrected chi connectivity index (χ3v) is 5.13. The van der Waals surface area contributed by atoms with Gasteiger partial charge in [-0.05, 0) is 43.0 Å². The summed E-state index contributed by atoms with van der Waals surface area (Å²) in [6, 6.07) is 6.89. The van der Waals surface area contributed by atoms with Gasteiger partial charge in [0.1, 0.15) is 0 Å². The van der Waals surface area contributed by atoms with E-state index in [1.165, 1.54) is 0 Å². The Balaban J connectivity index is 2.14. The van der Waals surface area contributed by atoms with Crippen molar-refractivity contribution in [3.63, 3.8) is 0 Å². The van der Waals surface area contributed by atoms with E-state index in [4.69, 9.17) is 0 Å². The molecular formula is C13H20N2O2S. The van der Waals surface area contributed by atoms with Crippen LogP contribution in [0, 0.1) is 5.92 Å². The summed E-state index contributed by atoms with van der Waals surface area (Å²) in [5.74, 6) is 0.427. The van der Waals surface area contributed by atoms with Gasteiger partial charge in [0, 0.05) is 18.8 Å². The largest absolute Gasteiger partial charge is 0.388 e. The highest BCUT2D eigenvalue weighted by Crippen LogP contribution is 2.26. The summed E-state index contributed by atoms with van der Waals surface area (Å²) in [7, 11) is -1.57. The number of nitrogens with one attached hydrogen (secondary N) is 2. The van der Waals surface area contributed by atoms with Crippen LogP contribution >= 0.6 is 0 Å². The Hall–Kier alpha value is -1.07. The predicted octanol–water partition coefficient (Wildman–Crippen LogP) is 2.20. The van der Waals surface area contributed by atoms with Crippen molar-refractivity contribution in [1.82, 2.24) is 4.72 Å². The first-order chi connectivity index (χ1) is 8.53. The Kier molecular flexibility index (Phi) is 3.92. The molecule has 1 aliphatic rings. The number of benzene rings is 1. The maximum Gasteiger partial charge on any atom is 0.240 e. The van der Waals surface area contributed by atoms with E-state index in [0.717, 1.165) is 24.9 Å². The third-order valence-electron chi connectivity index (χ3n) is 3.62. The molecule has 0 bridgehead atoms. The maximum absolute atomic E-state index is 12.2. The summed E-state index contributed by atoms with van der Waals surface area (Å²) >= 11 is 0. The first kappa shape index (κ1) is 13.4. The second-order valence-corrected chi connectivity index (χ2v) is 6.62. The van der Waals surface area contributed by atoms with Crippen molar-refractivity contribution in [3.8, 4) is 0 Å². The molecule has 1 aliphatic carbocycles. The first-order valence-corrected chi connectivity index (χ1v) is 7.81. The van der Waals surface area contributed by atoms with Crippen molar-refractivity contribution in [2.45, 2.75) is 37.1 Å². The van der Waals surface area contributed by atoms with E-state index in [2.05, 4.69) is 17.0 Å². The maximum atomic E-state index is 12.2. The highest BCUT2D eigenvalue weighted by molar-refractivity contribution is 7.89. The number of hydrogen-bond acceptors (Lipinski definition) is 3. The second-order valence-electron chi connectivity index (χ2n) is 4.91. The van der Waals surface area contributed by atoms with Crippen LogP contribution in [0.2, 0.25) is 0 Å². The van der Waals surface area contributed by atoms with Crippen LogP contribution in [0.3, 0.4) is 0 Å². The normalized spacial score (nSPS) is 24.1. The lowest BCUT2D eigenvalue weighted by Gasteiger charge is -2.17. The summed E-state index contributed by atoms with van der Waals surface area (Å²) in [5.41, 5.74) is 0.906. The van der Waals surface area contributed by atoms with Crippen LogP contribution in [-0.2, 0) is 10.0 Å². The van der Waals surface area contributed by atoms with E-state index in [0.29, 0.717) is 10.8 Å². The molecule has 4 nitrogen and oxygen atoms in total. The minimum absolute atomic E-state index is 0.0824. The Morgan fingerprint density at radius 2 is 1.83 bits per heavy atom. The standard InChI is InChI=1S/C13H20N2O2S/c1-10-4-3-5-13(10)15-18(16,17)12-8-6-11(14-2)7-9-12/h6-10,13-15H,3-5H2,1-2H3. The molecular weight excluding hydrogens is 248 g/mol. The zero-order valence-electron chi connectivity index (χ0n) is 10.8. The quantitative estimate of drug-likeness (QED) is 0.880. The average molecular weight is 268 g/mol. The van der Waals surface area contributed by atoms with E-state index in [9.17, 15) is 8.42 Å². The summed E-state index contributed by atoms with van der Waals surface area (Å²) in [6.07, 6.45) is 3.15. The van der Waals surface area contributed by atoms with Crippen molar-refractivity contribution < 1.29 is 8.42 Å². The van der Waals surface area contributed by atoms with Crippen LogP contribution in [-0.4, -0.2) is 21.5 Å². The lowest BCUT2D eigenvalue weighted by molar-refractivity contribution is 0.476. The van der Waals surface area contributed by atoms with Crippen molar-refractivity contribution >= 4 is 15.7 Å². The number of rotatable bonds is 4. The molecule has 0 amide bonds. The van der Waals surface area contributed by atoms with Gasteiger partial charge in [-0.3, -0.25) is 0 Å². The number of anilines is 1. The van der Waals surface area contributed by atoms with Crippen LogP contribution in [0.5, 0.6) is 0 Å². The van der Waals surface area contributed by atoms with Crippen LogP contribution in [0.15, 0.2) is 29.2 Å². The van der Waals surface area contributed by atoms with Crippen molar-refractivity contribution in [1.29, 1.82) is 0 Å². The van der Waals surface area contributed by atoms with E-state index in [-0.39, 0.29) is 6.04 Å². The van der Waals surface area contributed by atoms with Gasteiger partial charge >= 0.3 is 0 Å². The smallest absolute Gasteiger partial charge is 0.240 e. The van der Waals surface area contributed by atoms with E-state index in [1.54, 1.807) is 24.3 Å². The Morgan fingerprint density at radius 3 is 2.33 bits per heavy atom. The topological polar surface area (TPSA) is 58.2 Å². The van der Waals surface area contributed by atoms with E-state index < -0.39 is 10.0 Å². The van der Waals surface area contributed by atoms with Gasteiger partial charge in [0.25, 0.3) is 0 Å². The van der Waals surface area contributed by atoms with Crippen molar-refractivity contribution in [2.75, 3.05) is 12.4 Å². The Morgan fingerprint density at radius 1 is 1.17 bits per heavy atom. The predicted molar refractivity (Wildman–Crippen MR) is 73.1 cm³/mol. The molecule has 2 rings (SSSR count). The Labute approximate surface area is 109 Å². The molecule has 2 N–H and O–H groups in total. The van der Waals surface area contributed by atoms with Gasteiger partial charge in [-0.15, -0.1) is 0 Å². The highest BCUT2D eigenvalue weighted by atomic mass is 32.2. The summed E-state index contributed by atoms with van der Waals surface area (Å²) in [4.78, 5) is 0.334. The van der Waals surface area contributed by atoms with Crippen LogP contribution < -0.4 is 10.0 Å². The van der Waals surface area contributed by atoms with Crippen LogP contribution in [0.1, 0.15) is 26.2 Å². The fourth-order valence-corrected chi connectivity index (χ4v) is 3.77. The molecule has 0 aliphatic heterocycles. The van der Waals surface area contributed by atoms with Gasteiger partial charge in [-0.25, -0.2) is 13.1 Å². The van der Waals surface area contributed by atoms with Gasteiger partial charge < -0.3 is 5.32 Å². The first-order valence-electron chi connectivity index (χ1n) is 6.33. The highest BCUT2D eigenvalue weighted by Gasteiger charge is 2.28. The fourth-order valence-electron chi connectivity index (χ4n) is 2.39. The molecule has 0 saturated heterocycles. The number of sulfonamides is 1. The minimum atomic E-state index is -3.38. The molecule has 100 valence electrons. The summed E-state index contributed by atoms with van der Waals surface area (Å²) in [5, 5.41) is 2.97. The molecule has 0 heterocycles. The monoisotopic (exact) mass is 268 g/mol. The second kappa shape index (κ2) is 5.28. The molecule has 5 heteroatoms. The summed E-state index contributed by atoms with van der Waals surface area (Å²) in [6.45, 7) is 2.10.